The van der Waals surface area contributed by atoms with Crippen LogP contribution in [0.2, 0.25) is 5.02 Å². The normalized spacial score (nSPS) is 17.8. The Labute approximate surface area is 198 Å². The number of carbonyl (C=O) groups excluding carboxylic acids is 2. The summed E-state index contributed by atoms with van der Waals surface area (Å²) in [4.78, 5) is 28.0. The van der Waals surface area contributed by atoms with Gasteiger partial charge in [0, 0.05) is 41.5 Å². The predicted octanol–water partition coefficient (Wildman–Crippen LogP) is 5.62. The molecule has 3 amide bonds. The lowest BCUT2D eigenvalue weighted by molar-refractivity contribution is -0.121. The minimum Gasteiger partial charge on any atom is -0.497 e. The number of benzene rings is 3. The summed E-state index contributed by atoms with van der Waals surface area (Å²) < 4.78 is 5.25. The van der Waals surface area contributed by atoms with Crippen molar-refractivity contribution in [2.75, 3.05) is 30.8 Å². The summed E-state index contributed by atoms with van der Waals surface area (Å²) in [7, 11) is 1.59. The van der Waals surface area contributed by atoms with E-state index in [4.69, 9.17) is 16.3 Å². The van der Waals surface area contributed by atoms with E-state index < -0.39 is 0 Å². The number of halogens is 1. The zero-order valence-corrected chi connectivity index (χ0v) is 19.1. The largest absolute Gasteiger partial charge is 0.497 e. The van der Waals surface area contributed by atoms with E-state index in [-0.39, 0.29) is 23.8 Å². The average Bonchev–Trinajstić information content (AvgIpc) is 2.85. The van der Waals surface area contributed by atoms with Crippen molar-refractivity contribution in [1.82, 2.24) is 4.90 Å². The van der Waals surface area contributed by atoms with Crippen LogP contribution in [0.1, 0.15) is 17.9 Å². The minimum atomic E-state index is -0.355. The number of carbonyl (C=O) groups is 2. The van der Waals surface area contributed by atoms with Crippen molar-refractivity contribution >= 4 is 34.9 Å². The van der Waals surface area contributed by atoms with Crippen molar-refractivity contribution in [1.29, 1.82) is 0 Å². The van der Waals surface area contributed by atoms with Gasteiger partial charge in [-0.25, -0.2) is 4.79 Å². The van der Waals surface area contributed by atoms with E-state index in [9.17, 15) is 9.59 Å². The number of methoxy groups -OCH3 is 1. The van der Waals surface area contributed by atoms with E-state index in [1.807, 2.05) is 48.5 Å². The first kappa shape index (κ1) is 22.7. The van der Waals surface area contributed by atoms with Gasteiger partial charge >= 0.3 is 6.03 Å². The number of hydrogen-bond donors (Lipinski definition) is 2. The molecule has 4 rings (SSSR count). The molecule has 3 aromatic carbocycles. The van der Waals surface area contributed by atoms with Crippen molar-refractivity contribution in [2.45, 2.75) is 12.3 Å². The zero-order valence-electron chi connectivity index (χ0n) is 18.3. The molecule has 6 nitrogen and oxygen atoms in total. The number of hydrogen-bond acceptors (Lipinski definition) is 3. The second kappa shape index (κ2) is 10.4. The molecule has 1 fully saturated rings. The van der Waals surface area contributed by atoms with Crippen LogP contribution in [-0.2, 0) is 4.79 Å². The van der Waals surface area contributed by atoms with Gasteiger partial charge in [-0.3, -0.25) is 4.79 Å². The van der Waals surface area contributed by atoms with E-state index >= 15 is 0 Å². The Hall–Kier alpha value is -3.51. The van der Waals surface area contributed by atoms with Crippen molar-refractivity contribution < 1.29 is 14.3 Å². The topological polar surface area (TPSA) is 70.7 Å². The second-order valence-corrected chi connectivity index (χ2v) is 8.54. The molecule has 0 unspecified atom stereocenters. The average molecular weight is 464 g/mol. The molecule has 0 bridgehead atoms. The van der Waals surface area contributed by atoms with E-state index in [0.29, 0.717) is 41.7 Å². The third-order valence-corrected chi connectivity index (χ3v) is 6.06. The lowest BCUT2D eigenvalue weighted by atomic mass is 9.84. The van der Waals surface area contributed by atoms with Crippen molar-refractivity contribution in [3.8, 4) is 5.75 Å². The van der Waals surface area contributed by atoms with Crippen LogP contribution in [0.3, 0.4) is 0 Å². The highest BCUT2D eigenvalue weighted by molar-refractivity contribution is 6.30. The highest BCUT2D eigenvalue weighted by Crippen LogP contribution is 2.32. The van der Waals surface area contributed by atoms with Crippen molar-refractivity contribution in [3.05, 3.63) is 89.4 Å². The zero-order chi connectivity index (χ0) is 23.2. The number of ether oxygens (including phenoxy) is 1. The first-order valence-electron chi connectivity index (χ1n) is 10.8. The van der Waals surface area contributed by atoms with Crippen LogP contribution in [0.25, 0.3) is 0 Å². The van der Waals surface area contributed by atoms with Gasteiger partial charge in [0.15, 0.2) is 0 Å². The van der Waals surface area contributed by atoms with Crippen LogP contribution in [-0.4, -0.2) is 37.0 Å². The molecule has 1 heterocycles. The molecular weight excluding hydrogens is 438 g/mol. The second-order valence-electron chi connectivity index (χ2n) is 8.10. The van der Waals surface area contributed by atoms with Crippen LogP contribution in [0.15, 0.2) is 78.9 Å². The summed E-state index contributed by atoms with van der Waals surface area (Å²) in [5.41, 5.74) is 2.43. The third kappa shape index (κ3) is 5.84. The maximum atomic E-state index is 13.2. The van der Waals surface area contributed by atoms with Gasteiger partial charge in [-0.2, -0.15) is 0 Å². The predicted molar refractivity (Wildman–Crippen MR) is 131 cm³/mol. The molecule has 0 aliphatic carbocycles. The highest BCUT2D eigenvalue weighted by atomic mass is 35.5. The van der Waals surface area contributed by atoms with Gasteiger partial charge in [0.2, 0.25) is 5.91 Å². The lowest BCUT2D eigenvalue weighted by Crippen LogP contribution is -2.48. The Morgan fingerprint density at radius 1 is 0.909 bits per heavy atom. The maximum Gasteiger partial charge on any atom is 0.321 e. The Morgan fingerprint density at radius 2 is 1.67 bits per heavy atom. The summed E-state index contributed by atoms with van der Waals surface area (Å²) >= 11 is 5.95. The summed E-state index contributed by atoms with van der Waals surface area (Å²) in [5.74, 6) is 0.249. The molecule has 0 radical (unpaired) electrons. The molecule has 1 aliphatic rings. The van der Waals surface area contributed by atoms with E-state index in [2.05, 4.69) is 10.6 Å². The number of piperidine rings is 1. The third-order valence-electron chi connectivity index (χ3n) is 5.81. The number of urea groups is 1. The fourth-order valence-corrected chi connectivity index (χ4v) is 4.23. The number of rotatable bonds is 5. The van der Waals surface area contributed by atoms with Gasteiger partial charge < -0.3 is 20.3 Å². The summed E-state index contributed by atoms with van der Waals surface area (Å²) in [5, 5.41) is 6.50. The fourth-order valence-electron chi connectivity index (χ4n) is 4.10. The first-order chi connectivity index (χ1) is 16.0. The summed E-state index contributed by atoms with van der Waals surface area (Å²) in [6, 6.07) is 24.0. The molecule has 2 atom stereocenters. The highest BCUT2D eigenvalue weighted by Gasteiger charge is 2.34. The molecule has 3 aromatic rings. The molecule has 170 valence electrons. The molecule has 0 saturated carbocycles. The monoisotopic (exact) mass is 463 g/mol. The standard InChI is InChI=1S/C26H26ClN3O3/c1-33-24-9-5-8-23(15-24)28-25(31)20-14-19(18-6-3-2-4-7-18)16-30(17-20)26(32)29-22-12-10-21(27)11-13-22/h2-13,15,19-20H,14,16-17H2,1H3,(H,28,31)(H,29,32)/t19-,20+/m0/s1. The molecule has 1 saturated heterocycles. The molecule has 2 N–H and O–H groups in total. The Balaban J connectivity index is 1.52. The smallest absolute Gasteiger partial charge is 0.321 e. The van der Waals surface area contributed by atoms with Crippen LogP contribution in [0.5, 0.6) is 5.75 Å². The summed E-state index contributed by atoms with van der Waals surface area (Å²) in [6.45, 7) is 0.866. The van der Waals surface area contributed by atoms with Gasteiger partial charge in [-0.05, 0) is 48.4 Å². The van der Waals surface area contributed by atoms with E-state index in [1.54, 1.807) is 42.3 Å². The maximum absolute atomic E-state index is 13.2. The van der Waals surface area contributed by atoms with Crippen LogP contribution < -0.4 is 15.4 Å². The minimum absolute atomic E-state index is 0.0528. The van der Waals surface area contributed by atoms with Gasteiger partial charge in [-0.15, -0.1) is 0 Å². The fraction of sp³-hybridized carbons (Fsp3) is 0.231. The molecule has 7 heteroatoms. The molecular formula is C26H26ClN3O3. The van der Waals surface area contributed by atoms with Crippen molar-refractivity contribution in [3.63, 3.8) is 0 Å². The van der Waals surface area contributed by atoms with Crippen LogP contribution in [0, 0.1) is 5.92 Å². The molecule has 33 heavy (non-hydrogen) atoms. The van der Waals surface area contributed by atoms with Gasteiger partial charge in [0.05, 0.1) is 13.0 Å². The number of likely N-dealkylation sites (tertiary alicyclic amines) is 1. The Bertz CT molecular complexity index is 1110. The van der Waals surface area contributed by atoms with Crippen molar-refractivity contribution in [2.24, 2.45) is 5.92 Å². The SMILES string of the molecule is COc1cccc(NC(=O)[C@@H]2C[C@H](c3ccccc3)CN(C(=O)Nc3ccc(Cl)cc3)C2)c1. The van der Waals surface area contributed by atoms with Crippen LogP contribution >= 0.6 is 11.6 Å². The van der Waals surface area contributed by atoms with Gasteiger partial charge in [-0.1, -0.05) is 48.0 Å². The number of nitrogens with one attached hydrogen (secondary N) is 2. The van der Waals surface area contributed by atoms with Gasteiger partial charge in [0.1, 0.15) is 5.75 Å². The van der Waals surface area contributed by atoms with E-state index in [1.165, 1.54) is 0 Å². The number of nitrogens with zero attached hydrogens (tertiary/aromatic N) is 1. The Kier molecular flexibility index (Phi) is 7.15. The van der Waals surface area contributed by atoms with Gasteiger partial charge in [0.25, 0.3) is 0 Å². The molecule has 0 spiro atoms. The molecule has 0 aromatic heterocycles. The molecule has 1 aliphatic heterocycles. The summed E-state index contributed by atoms with van der Waals surface area (Å²) in [6.07, 6.45) is 0.657. The lowest BCUT2D eigenvalue weighted by Gasteiger charge is -2.37. The quantitative estimate of drug-likeness (QED) is 0.515. The number of anilines is 2. The van der Waals surface area contributed by atoms with E-state index in [0.717, 1.165) is 5.56 Å². The van der Waals surface area contributed by atoms with Crippen LogP contribution in [0.4, 0.5) is 16.2 Å². The first-order valence-corrected chi connectivity index (χ1v) is 11.2. The Morgan fingerprint density at radius 3 is 2.39 bits per heavy atom. The number of amides is 3.